The van der Waals surface area contributed by atoms with Crippen LogP contribution >= 0.6 is 0 Å². The Bertz CT molecular complexity index is 948. The summed E-state index contributed by atoms with van der Waals surface area (Å²) in [5.41, 5.74) is 8.16. The second kappa shape index (κ2) is 10.2. The van der Waals surface area contributed by atoms with Gasteiger partial charge in [0.2, 0.25) is 0 Å². The second-order valence-corrected chi connectivity index (χ2v) is 10.8. The number of nitrogens with zero attached hydrogens (tertiary/aromatic N) is 1. The number of benzene rings is 3. The van der Waals surface area contributed by atoms with Crippen LogP contribution in [0.3, 0.4) is 0 Å². The van der Waals surface area contributed by atoms with Crippen molar-refractivity contribution >= 4 is 17.1 Å². The fraction of sp³-hybridized carbons (Fsp3) is 0.438. The van der Waals surface area contributed by atoms with Gasteiger partial charge in [0.15, 0.2) is 0 Å². The van der Waals surface area contributed by atoms with Crippen molar-refractivity contribution in [3.05, 3.63) is 89.5 Å². The Labute approximate surface area is 202 Å². The lowest BCUT2D eigenvalue weighted by atomic mass is 9.82. The third-order valence-corrected chi connectivity index (χ3v) is 7.91. The molecule has 0 bridgehead atoms. The van der Waals surface area contributed by atoms with Crippen LogP contribution in [0.2, 0.25) is 0 Å². The molecule has 0 saturated carbocycles. The first-order chi connectivity index (χ1) is 15.6. The predicted molar refractivity (Wildman–Crippen MR) is 146 cm³/mol. The molecule has 0 aliphatic carbocycles. The Kier molecular flexibility index (Phi) is 7.73. The predicted octanol–water partition coefficient (Wildman–Crippen LogP) is 10.0. The van der Waals surface area contributed by atoms with E-state index in [1.165, 1.54) is 33.8 Å². The van der Waals surface area contributed by atoms with Gasteiger partial charge in [0, 0.05) is 17.1 Å². The Morgan fingerprint density at radius 2 is 0.909 bits per heavy atom. The fourth-order valence-electron chi connectivity index (χ4n) is 4.17. The van der Waals surface area contributed by atoms with Gasteiger partial charge < -0.3 is 4.90 Å². The van der Waals surface area contributed by atoms with Crippen LogP contribution in [-0.4, -0.2) is 0 Å². The molecule has 1 heteroatoms. The van der Waals surface area contributed by atoms with Crippen molar-refractivity contribution in [1.82, 2.24) is 0 Å². The topological polar surface area (TPSA) is 3.24 Å². The zero-order chi connectivity index (χ0) is 24.2. The van der Waals surface area contributed by atoms with E-state index in [-0.39, 0.29) is 10.8 Å². The molecule has 0 aliphatic rings. The minimum Gasteiger partial charge on any atom is -0.311 e. The van der Waals surface area contributed by atoms with Crippen LogP contribution in [0.25, 0.3) is 0 Å². The van der Waals surface area contributed by atoms with Crippen LogP contribution in [0.5, 0.6) is 0 Å². The molecule has 0 heterocycles. The minimum atomic E-state index is 0.189. The molecular formula is C32H43N. The van der Waals surface area contributed by atoms with Crippen molar-refractivity contribution in [2.45, 2.75) is 91.4 Å². The molecule has 3 aromatic carbocycles. The van der Waals surface area contributed by atoms with E-state index >= 15 is 0 Å². The van der Waals surface area contributed by atoms with Gasteiger partial charge in [0.25, 0.3) is 0 Å². The van der Waals surface area contributed by atoms with Gasteiger partial charge in [0.1, 0.15) is 0 Å². The van der Waals surface area contributed by atoms with Crippen molar-refractivity contribution in [3.8, 4) is 0 Å². The van der Waals surface area contributed by atoms with E-state index in [1.807, 2.05) is 0 Å². The molecule has 0 saturated heterocycles. The highest BCUT2D eigenvalue weighted by atomic mass is 15.1. The molecule has 176 valence electrons. The zero-order valence-electron chi connectivity index (χ0n) is 22.1. The molecule has 1 atom stereocenters. The Hall–Kier alpha value is -2.54. The van der Waals surface area contributed by atoms with Gasteiger partial charge in [-0.2, -0.15) is 0 Å². The van der Waals surface area contributed by atoms with E-state index in [9.17, 15) is 0 Å². The molecule has 1 nitrogen and oxygen atoms in total. The molecular weight excluding hydrogens is 398 g/mol. The number of hydrogen-bond donors (Lipinski definition) is 0. The maximum atomic E-state index is 2.38. The van der Waals surface area contributed by atoms with Crippen molar-refractivity contribution in [1.29, 1.82) is 0 Å². The Morgan fingerprint density at radius 1 is 0.576 bits per heavy atom. The lowest BCUT2D eigenvalue weighted by Gasteiger charge is -2.29. The van der Waals surface area contributed by atoms with Gasteiger partial charge in [0.05, 0.1) is 0 Å². The third kappa shape index (κ3) is 5.52. The van der Waals surface area contributed by atoms with Gasteiger partial charge in [-0.05, 0) is 89.1 Å². The van der Waals surface area contributed by atoms with Crippen LogP contribution in [0.1, 0.15) is 97.3 Å². The van der Waals surface area contributed by atoms with Crippen LogP contribution < -0.4 is 4.90 Å². The molecule has 33 heavy (non-hydrogen) atoms. The van der Waals surface area contributed by atoms with Crippen LogP contribution in [-0.2, 0) is 10.8 Å². The molecule has 0 aliphatic heterocycles. The van der Waals surface area contributed by atoms with E-state index in [1.54, 1.807) is 0 Å². The lowest BCUT2D eigenvalue weighted by molar-refractivity contribution is 0.506. The molecule has 0 N–H and O–H groups in total. The lowest BCUT2D eigenvalue weighted by Crippen LogP contribution is -2.17. The van der Waals surface area contributed by atoms with Crippen LogP contribution in [0.4, 0.5) is 17.1 Å². The highest BCUT2D eigenvalue weighted by Gasteiger charge is 2.21. The van der Waals surface area contributed by atoms with Crippen LogP contribution in [0, 0.1) is 0 Å². The highest BCUT2D eigenvalue weighted by Crippen LogP contribution is 2.38. The quantitative estimate of drug-likeness (QED) is 0.319. The summed E-state index contributed by atoms with van der Waals surface area (Å²) in [4.78, 5) is 2.38. The van der Waals surface area contributed by atoms with Crippen LogP contribution in [0.15, 0.2) is 72.8 Å². The Morgan fingerprint density at radius 3 is 1.21 bits per heavy atom. The fourth-order valence-corrected chi connectivity index (χ4v) is 4.17. The number of hydrogen-bond acceptors (Lipinski definition) is 1. The molecule has 0 radical (unpaired) electrons. The standard InChI is InChI=1S/C32H43N/c1-9-24(4)25-12-18-28(19-13-25)33(29-20-14-26(15-21-29)31(5,6)10-2)30-22-16-27(17-23-30)32(7,8)11-3/h12-24H,9-11H2,1-8H3. The summed E-state index contributed by atoms with van der Waals surface area (Å²) in [6, 6.07) is 27.4. The molecule has 3 aromatic rings. The summed E-state index contributed by atoms with van der Waals surface area (Å²) in [5, 5.41) is 0. The number of rotatable bonds is 9. The number of anilines is 3. The Balaban J connectivity index is 2.05. The summed E-state index contributed by atoms with van der Waals surface area (Å²) in [6.45, 7) is 18.4. The maximum Gasteiger partial charge on any atom is 0.0461 e. The van der Waals surface area contributed by atoms with Crippen molar-refractivity contribution < 1.29 is 0 Å². The second-order valence-electron chi connectivity index (χ2n) is 10.8. The molecule has 0 aromatic heterocycles. The highest BCUT2D eigenvalue weighted by molar-refractivity contribution is 5.77. The average molecular weight is 442 g/mol. The monoisotopic (exact) mass is 441 g/mol. The summed E-state index contributed by atoms with van der Waals surface area (Å²) < 4.78 is 0. The first kappa shape index (κ1) is 25.1. The first-order valence-corrected chi connectivity index (χ1v) is 12.7. The minimum absolute atomic E-state index is 0.189. The molecule has 0 fully saturated rings. The molecule has 1 unspecified atom stereocenters. The van der Waals surface area contributed by atoms with E-state index in [0.717, 1.165) is 19.3 Å². The van der Waals surface area contributed by atoms with Gasteiger partial charge in [-0.15, -0.1) is 0 Å². The summed E-state index contributed by atoms with van der Waals surface area (Å²) in [7, 11) is 0. The van der Waals surface area contributed by atoms with Gasteiger partial charge in [-0.3, -0.25) is 0 Å². The molecule has 0 amide bonds. The largest absolute Gasteiger partial charge is 0.311 e. The maximum absolute atomic E-state index is 2.38. The van der Waals surface area contributed by atoms with Gasteiger partial charge in [-0.25, -0.2) is 0 Å². The smallest absolute Gasteiger partial charge is 0.0461 e. The van der Waals surface area contributed by atoms with E-state index in [4.69, 9.17) is 0 Å². The summed E-state index contributed by atoms with van der Waals surface area (Å²) in [6.07, 6.45) is 3.41. The van der Waals surface area contributed by atoms with E-state index in [0.29, 0.717) is 5.92 Å². The van der Waals surface area contributed by atoms with Crippen molar-refractivity contribution in [3.63, 3.8) is 0 Å². The molecule has 0 spiro atoms. The zero-order valence-corrected chi connectivity index (χ0v) is 22.1. The SMILES string of the molecule is CCC(C)c1ccc(N(c2ccc(C(C)(C)CC)cc2)c2ccc(C(C)(C)CC)cc2)cc1. The summed E-state index contributed by atoms with van der Waals surface area (Å²) in [5.74, 6) is 0.582. The summed E-state index contributed by atoms with van der Waals surface area (Å²) >= 11 is 0. The van der Waals surface area contributed by atoms with Gasteiger partial charge >= 0.3 is 0 Å². The van der Waals surface area contributed by atoms with E-state index < -0.39 is 0 Å². The van der Waals surface area contributed by atoms with Gasteiger partial charge in [-0.1, -0.05) is 91.8 Å². The third-order valence-electron chi connectivity index (χ3n) is 7.91. The van der Waals surface area contributed by atoms with E-state index in [2.05, 4.69) is 133 Å². The average Bonchev–Trinajstić information content (AvgIpc) is 2.85. The normalized spacial score (nSPS) is 13.1. The first-order valence-electron chi connectivity index (χ1n) is 12.7. The van der Waals surface area contributed by atoms with Crippen molar-refractivity contribution in [2.24, 2.45) is 0 Å². The molecule has 3 rings (SSSR count). The van der Waals surface area contributed by atoms with Crippen molar-refractivity contribution in [2.75, 3.05) is 4.90 Å².